The lowest BCUT2D eigenvalue weighted by Crippen LogP contribution is -2.20. The van der Waals surface area contributed by atoms with E-state index in [1.165, 1.54) is 0 Å². The van der Waals surface area contributed by atoms with E-state index in [0.717, 1.165) is 51.5 Å². The normalized spacial score (nSPS) is 13.4. The number of thioether (sulfide) groups is 2. The summed E-state index contributed by atoms with van der Waals surface area (Å²) >= 11 is 1.89. The van der Waals surface area contributed by atoms with Gasteiger partial charge < -0.3 is 21.7 Å². The average Bonchev–Trinajstić information content (AvgIpc) is 2.96. The van der Waals surface area contributed by atoms with E-state index in [2.05, 4.69) is 30.7 Å². The van der Waals surface area contributed by atoms with Gasteiger partial charge in [0.05, 0.1) is 12.1 Å². The minimum atomic E-state index is -0.334. The first kappa shape index (κ1) is 27.5. The molecule has 1 aliphatic rings. The van der Waals surface area contributed by atoms with Crippen LogP contribution in [0.2, 0.25) is 0 Å². The molecule has 1 aliphatic heterocycles. The molecule has 14 heteroatoms. The summed E-state index contributed by atoms with van der Waals surface area (Å²) in [6.07, 6.45) is 0.0297. The predicted octanol–water partition coefficient (Wildman–Crippen LogP) is 5.32. The maximum absolute atomic E-state index is 13.5. The fourth-order valence-electron chi connectivity index (χ4n) is 3.93. The van der Waals surface area contributed by atoms with E-state index in [0.29, 0.717) is 21.3 Å². The molecule has 198 valence electrons. The van der Waals surface area contributed by atoms with Crippen LogP contribution in [-0.4, -0.2) is 27.8 Å². The van der Waals surface area contributed by atoms with Crippen LogP contribution < -0.4 is 21.7 Å². The lowest BCUT2D eigenvalue weighted by molar-refractivity contribution is -0.115. The van der Waals surface area contributed by atoms with Crippen LogP contribution in [0.4, 0.5) is 5.69 Å². The number of aryl methyl sites for hydroxylation is 1. The lowest BCUT2D eigenvalue weighted by Gasteiger charge is -2.24. The van der Waals surface area contributed by atoms with Gasteiger partial charge in [-0.1, -0.05) is 48.5 Å². The molecule has 0 spiro atoms. The molecule has 39 heavy (non-hydrogen) atoms. The van der Waals surface area contributed by atoms with E-state index in [1.54, 1.807) is 13.0 Å². The molecule has 0 radical (unpaired) electrons. The number of rotatable bonds is 6. The zero-order valence-electron chi connectivity index (χ0n) is 20.7. The van der Waals surface area contributed by atoms with Gasteiger partial charge >= 0.3 is 0 Å². The highest BCUT2D eigenvalue weighted by atomic mass is 32.2. The SMILES string of the molecule is Cc1cc(SC(N=N)=NN)c(NC(=O)CC2=C(c3ccccc3)c3ccccc3OC2)c(SC(N=N)=NN)n1. The van der Waals surface area contributed by atoms with Crippen molar-refractivity contribution >= 4 is 51.0 Å². The fraction of sp³-hybridized carbons (Fsp3) is 0.120. The number of nitrogens with zero attached hydrogens (tertiary/aromatic N) is 5. The van der Waals surface area contributed by atoms with Crippen molar-refractivity contribution in [1.82, 2.24) is 4.98 Å². The second-order valence-electron chi connectivity index (χ2n) is 8.05. The number of carbonyl (C=O) groups excluding carboxylic acids is 1. The highest BCUT2D eigenvalue weighted by Gasteiger charge is 2.25. The third-order valence-electron chi connectivity index (χ3n) is 5.49. The molecule has 3 aromatic rings. The van der Waals surface area contributed by atoms with Gasteiger partial charge in [0.1, 0.15) is 17.4 Å². The lowest BCUT2D eigenvalue weighted by atomic mass is 9.89. The highest BCUT2D eigenvalue weighted by Crippen LogP contribution is 2.40. The molecular formula is C25H24N10O2S2. The van der Waals surface area contributed by atoms with Gasteiger partial charge in [-0.2, -0.15) is 10.2 Å². The minimum Gasteiger partial charge on any atom is -0.489 e. The number of carbonyl (C=O) groups is 1. The highest BCUT2D eigenvalue weighted by molar-refractivity contribution is 8.14. The minimum absolute atomic E-state index is 0.0297. The van der Waals surface area contributed by atoms with Crippen molar-refractivity contribution in [3.63, 3.8) is 0 Å². The zero-order chi connectivity index (χ0) is 27.8. The standard InChI is InChI=1S/C25H24N10O2S2/c1-14-11-19(38-24(32-26)33-27)22(23(30-14)39-25(34-28)35-29)31-20(36)12-16-13-37-18-10-6-5-9-17(18)21(16)15-7-3-2-4-8-15/h2-11,26,28H,12-13,27,29H2,1H3,(H,31,36). The second kappa shape index (κ2) is 12.8. The largest absolute Gasteiger partial charge is 0.489 e. The number of nitrogens with two attached hydrogens (primary N) is 2. The van der Waals surface area contributed by atoms with Crippen LogP contribution in [-0.2, 0) is 4.79 Å². The Morgan fingerprint density at radius 1 is 1.03 bits per heavy atom. The number of aromatic nitrogens is 1. The summed E-state index contributed by atoms with van der Waals surface area (Å²) in [5.74, 6) is 11.1. The molecule has 0 fully saturated rings. The Bertz CT molecular complexity index is 1460. The van der Waals surface area contributed by atoms with E-state index >= 15 is 0 Å². The molecule has 0 atom stereocenters. The van der Waals surface area contributed by atoms with Gasteiger partial charge in [-0.15, -0.1) is 10.2 Å². The number of amidine groups is 2. The van der Waals surface area contributed by atoms with Crippen LogP contribution in [0, 0.1) is 18.0 Å². The molecule has 1 amide bonds. The number of hydrogen-bond donors (Lipinski definition) is 5. The quantitative estimate of drug-likeness (QED) is 0.0670. The van der Waals surface area contributed by atoms with E-state index in [-0.39, 0.29) is 29.3 Å². The third kappa shape index (κ3) is 6.48. The first-order valence-electron chi connectivity index (χ1n) is 11.4. The molecule has 1 aromatic heterocycles. The van der Waals surface area contributed by atoms with E-state index in [4.69, 9.17) is 27.5 Å². The van der Waals surface area contributed by atoms with Gasteiger partial charge in [-0.25, -0.2) is 16.0 Å². The van der Waals surface area contributed by atoms with Gasteiger partial charge in [0.25, 0.3) is 0 Å². The number of anilines is 1. The van der Waals surface area contributed by atoms with E-state index < -0.39 is 0 Å². The van der Waals surface area contributed by atoms with Gasteiger partial charge in [-0.3, -0.25) is 4.79 Å². The Morgan fingerprint density at radius 3 is 2.38 bits per heavy atom. The molecule has 0 bridgehead atoms. The smallest absolute Gasteiger partial charge is 0.232 e. The fourth-order valence-corrected chi connectivity index (χ4v) is 5.50. The van der Waals surface area contributed by atoms with E-state index in [1.807, 2.05) is 54.6 Å². The van der Waals surface area contributed by atoms with E-state index in [9.17, 15) is 4.79 Å². The van der Waals surface area contributed by atoms with Gasteiger partial charge in [-0.05, 0) is 59.3 Å². The topological polar surface area (TPSA) is 200 Å². The van der Waals surface area contributed by atoms with Crippen LogP contribution in [0.3, 0.4) is 0 Å². The Labute approximate surface area is 232 Å². The number of pyridine rings is 1. The van der Waals surface area contributed by atoms with Gasteiger partial charge in [0, 0.05) is 16.2 Å². The predicted molar refractivity (Wildman–Crippen MR) is 152 cm³/mol. The summed E-state index contributed by atoms with van der Waals surface area (Å²) in [5, 5.41) is 16.7. The van der Waals surface area contributed by atoms with Crippen LogP contribution >= 0.6 is 23.5 Å². The molecule has 2 aromatic carbocycles. The molecule has 0 saturated carbocycles. The first-order chi connectivity index (χ1) is 19.0. The Hall–Kier alpha value is -4.56. The first-order valence-corrected chi connectivity index (χ1v) is 13.1. The number of amides is 1. The summed E-state index contributed by atoms with van der Waals surface area (Å²) in [6, 6.07) is 19.3. The van der Waals surface area contributed by atoms with Gasteiger partial charge in [0.15, 0.2) is 0 Å². The number of hydrazone groups is 2. The Morgan fingerprint density at radius 2 is 1.69 bits per heavy atom. The maximum atomic E-state index is 13.5. The summed E-state index contributed by atoms with van der Waals surface area (Å²) in [7, 11) is 0. The van der Waals surface area contributed by atoms with Crippen molar-refractivity contribution in [2.45, 2.75) is 23.3 Å². The molecule has 2 heterocycles. The summed E-state index contributed by atoms with van der Waals surface area (Å²) in [6.45, 7) is 2.00. The zero-order valence-corrected chi connectivity index (χ0v) is 22.3. The van der Waals surface area contributed by atoms with Crippen LogP contribution in [0.15, 0.2) is 96.6 Å². The maximum Gasteiger partial charge on any atom is 0.232 e. The Kier molecular flexibility index (Phi) is 9.01. The van der Waals surface area contributed by atoms with Crippen molar-refractivity contribution < 1.29 is 9.53 Å². The number of para-hydroxylation sites is 1. The third-order valence-corrected chi connectivity index (χ3v) is 7.28. The number of nitrogens with one attached hydrogen (secondary N) is 3. The number of ether oxygens (including phenoxy) is 1. The summed E-state index contributed by atoms with van der Waals surface area (Å²) < 4.78 is 5.98. The van der Waals surface area contributed by atoms with Crippen LogP contribution in [0.1, 0.15) is 23.2 Å². The summed E-state index contributed by atoms with van der Waals surface area (Å²) in [5.41, 5.74) is 19.2. The van der Waals surface area contributed by atoms with Gasteiger partial charge in [0.2, 0.25) is 16.2 Å². The number of benzene rings is 2. The van der Waals surface area contributed by atoms with Crippen molar-refractivity contribution in [3.05, 3.63) is 83.1 Å². The molecule has 0 aliphatic carbocycles. The molecule has 0 unspecified atom stereocenters. The molecule has 4 rings (SSSR count). The van der Waals surface area contributed by atoms with Crippen molar-refractivity contribution in [1.29, 1.82) is 11.1 Å². The van der Waals surface area contributed by atoms with Crippen molar-refractivity contribution in [3.8, 4) is 5.75 Å². The average molecular weight is 561 g/mol. The molecule has 0 saturated heterocycles. The van der Waals surface area contributed by atoms with Crippen molar-refractivity contribution in [2.75, 3.05) is 11.9 Å². The monoisotopic (exact) mass is 560 g/mol. The van der Waals surface area contributed by atoms with Crippen molar-refractivity contribution in [2.24, 2.45) is 32.1 Å². The molecule has 7 N–H and O–H groups in total. The van der Waals surface area contributed by atoms with Crippen LogP contribution in [0.5, 0.6) is 5.75 Å². The van der Waals surface area contributed by atoms with Crippen LogP contribution in [0.25, 0.3) is 5.57 Å². The number of fused-ring (bicyclic) bond motifs is 1. The molecular weight excluding hydrogens is 536 g/mol. The number of hydrogen-bond acceptors (Lipinski definition) is 11. The molecule has 12 nitrogen and oxygen atoms in total. The Balaban J connectivity index is 1.74. The second-order valence-corrected chi connectivity index (χ2v) is 10.0. The summed E-state index contributed by atoms with van der Waals surface area (Å²) in [4.78, 5) is 18.5.